The summed E-state index contributed by atoms with van der Waals surface area (Å²) in [4.78, 5) is 9.32. The molecule has 1 aliphatic heterocycles. The Morgan fingerprint density at radius 1 is 1.39 bits per heavy atom. The van der Waals surface area contributed by atoms with Gasteiger partial charge in [-0.1, -0.05) is 12.8 Å². The Kier molecular flexibility index (Phi) is 4.83. The van der Waals surface area contributed by atoms with E-state index >= 15 is 0 Å². The predicted octanol–water partition coefficient (Wildman–Crippen LogP) is 0.632. The molecule has 2 fully saturated rings. The van der Waals surface area contributed by atoms with Gasteiger partial charge in [0.15, 0.2) is 0 Å². The molecule has 5 heteroatoms. The molecular weight excluding hydrogens is 226 g/mol. The van der Waals surface area contributed by atoms with Crippen LogP contribution in [0.25, 0.3) is 0 Å². The highest BCUT2D eigenvalue weighted by molar-refractivity contribution is 5.79. The number of nitrogens with zero attached hydrogens (tertiary/aromatic N) is 3. The fraction of sp³-hybridized carbons (Fsp3) is 0.923. The smallest absolute Gasteiger partial charge is 0.208 e. The zero-order valence-electron chi connectivity index (χ0n) is 11.7. The highest BCUT2D eigenvalue weighted by Gasteiger charge is 2.22. The SMILES string of the molecule is CN1CCC(CN(C)C(=NC2CCCC2)NN)C1. The summed E-state index contributed by atoms with van der Waals surface area (Å²) in [7, 11) is 4.28. The molecule has 1 heterocycles. The summed E-state index contributed by atoms with van der Waals surface area (Å²) in [6.07, 6.45) is 6.32. The molecule has 0 aromatic carbocycles. The summed E-state index contributed by atoms with van der Waals surface area (Å²) < 4.78 is 0. The molecule has 0 bridgehead atoms. The van der Waals surface area contributed by atoms with Gasteiger partial charge in [-0.25, -0.2) is 10.8 Å². The van der Waals surface area contributed by atoms with Crippen LogP contribution >= 0.6 is 0 Å². The van der Waals surface area contributed by atoms with Crippen molar-refractivity contribution in [3.63, 3.8) is 0 Å². The quantitative estimate of drug-likeness (QED) is 0.335. The summed E-state index contributed by atoms with van der Waals surface area (Å²) in [5.41, 5.74) is 2.78. The van der Waals surface area contributed by atoms with Gasteiger partial charge in [0.2, 0.25) is 5.96 Å². The van der Waals surface area contributed by atoms with Gasteiger partial charge in [-0.3, -0.25) is 5.43 Å². The zero-order valence-corrected chi connectivity index (χ0v) is 11.7. The summed E-state index contributed by atoms with van der Waals surface area (Å²) in [6, 6.07) is 0.477. The lowest BCUT2D eigenvalue weighted by Gasteiger charge is -2.24. The van der Waals surface area contributed by atoms with Gasteiger partial charge < -0.3 is 9.80 Å². The molecule has 0 spiro atoms. The van der Waals surface area contributed by atoms with Crippen LogP contribution in [0.5, 0.6) is 0 Å². The van der Waals surface area contributed by atoms with Crippen molar-refractivity contribution in [1.82, 2.24) is 15.2 Å². The van der Waals surface area contributed by atoms with Gasteiger partial charge in [0.05, 0.1) is 6.04 Å². The van der Waals surface area contributed by atoms with Crippen molar-refractivity contribution < 1.29 is 0 Å². The molecule has 104 valence electrons. The van der Waals surface area contributed by atoms with E-state index in [-0.39, 0.29) is 0 Å². The third-order valence-electron chi connectivity index (χ3n) is 4.14. The molecule has 3 N–H and O–H groups in total. The largest absolute Gasteiger partial charge is 0.345 e. The highest BCUT2D eigenvalue weighted by atomic mass is 15.4. The van der Waals surface area contributed by atoms with E-state index in [1.807, 2.05) is 0 Å². The maximum atomic E-state index is 5.62. The van der Waals surface area contributed by atoms with Gasteiger partial charge in [0.1, 0.15) is 0 Å². The molecule has 1 unspecified atom stereocenters. The predicted molar refractivity (Wildman–Crippen MR) is 75.2 cm³/mol. The minimum atomic E-state index is 0.477. The van der Waals surface area contributed by atoms with Crippen LogP contribution in [0, 0.1) is 5.92 Å². The van der Waals surface area contributed by atoms with Crippen LogP contribution in [-0.2, 0) is 0 Å². The van der Waals surface area contributed by atoms with Crippen molar-refractivity contribution in [2.75, 3.05) is 33.7 Å². The third kappa shape index (κ3) is 3.59. The Labute approximate surface area is 110 Å². The number of guanidine groups is 1. The number of nitrogens with two attached hydrogens (primary N) is 1. The Balaban J connectivity index is 1.86. The normalized spacial score (nSPS) is 26.8. The molecule has 2 aliphatic rings. The minimum Gasteiger partial charge on any atom is -0.345 e. The molecule has 1 saturated carbocycles. The first-order valence-corrected chi connectivity index (χ1v) is 7.13. The molecule has 0 aromatic heterocycles. The van der Waals surface area contributed by atoms with Gasteiger partial charge in [-0.15, -0.1) is 0 Å². The number of aliphatic imine (C=N–C) groups is 1. The first-order valence-electron chi connectivity index (χ1n) is 7.13. The van der Waals surface area contributed by atoms with Crippen LogP contribution in [0.1, 0.15) is 32.1 Å². The van der Waals surface area contributed by atoms with Crippen molar-refractivity contribution in [3.05, 3.63) is 0 Å². The second-order valence-corrected chi connectivity index (χ2v) is 5.83. The summed E-state index contributed by atoms with van der Waals surface area (Å²) in [5.74, 6) is 7.22. The van der Waals surface area contributed by atoms with Gasteiger partial charge in [0, 0.05) is 20.1 Å². The molecule has 1 aliphatic carbocycles. The second-order valence-electron chi connectivity index (χ2n) is 5.83. The number of hydrogen-bond acceptors (Lipinski definition) is 3. The molecule has 18 heavy (non-hydrogen) atoms. The standard InChI is InChI=1S/C13H27N5/c1-17-8-7-11(9-17)10-18(2)13(16-14)15-12-5-3-4-6-12/h11-12H,3-10,14H2,1-2H3,(H,15,16). The topological polar surface area (TPSA) is 56.9 Å². The maximum absolute atomic E-state index is 5.62. The Hall–Kier alpha value is -0.810. The van der Waals surface area contributed by atoms with Crippen molar-refractivity contribution in [2.45, 2.75) is 38.1 Å². The summed E-state index contributed by atoms with van der Waals surface area (Å²) in [6.45, 7) is 3.44. The van der Waals surface area contributed by atoms with Crippen LogP contribution in [0.15, 0.2) is 4.99 Å². The van der Waals surface area contributed by atoms with Gasteiger partial charge in [0.25, 0.3) is 0 Å². The molecular formula is C13H27N5. The Morgan fingerprint density at radius 3 is 2.67 bits per heavy atom. The monoisotopic (exact) mass is 253 g/mol. The number of likely N-dealkylation sites (tertiary alicyclic amines) is 1. The maximum Gasteiger partial charge on any atom is 0.208 e. The molecule has 1 saturated heterocycles. The molecule has 0 radical (unpaired) electrons. The Bertz CT molecular complexity index is 285. The van der Waals surface area contributed by atoms with Gasteiger partial charge >= 0.3 is 0 Å². The summed E-state index contributed by atoms with van der Waals surface area (Å²) >= 11 is 0. The lowest BCUT2D eigenvalue weighted by molar-refractivity contribution is 0.349. The number of hydrazine groups is 1. The molecule has 2 rings (SSSR count). The lowest BCUT2D eigenvalue weighted by atomic mass is 10.1. The van der Waals surface area contributed by atoms with Gasteiger partial charge in [-0.05, 0) is 38.8 Å². The van der Waals surface area contributed by atoms with Crippen LogP contribution in [-0.4, -0.2) is 55.5 Å². The van der Waals surface area contributed by atoms with E-state index in [0.29, 0.717) is 6.04 Å². The first kappa shape index (κ1) is 13.6. The van der Waals surface area contributed by atoms with E-state index in [0.717, 1.165) is 18.4 Å². The lowest BCUT2D eigenvalue weighted by Crippen LogP contribution is -2.45. The van der Waals surface area contributed by atoms with Crippen LogP contribution in [0.3, 0.4) is 0 Å². The van der Waals surface area contributed by atoms with Crippen LogP contribution in [0.2, 0.25) is 0 Å². The van der Waals surface area contributed by atoms with Crippen molar-refractivity contribution in [1.29, 1.82) is 0 Å². The second kappa shape index (κ2) is 6.38. The Morgan fingerprint density at radius 2 is 2.11 bits per heavy atom. The van der Waals surface area contributed by atoms with Crippen LogP contribution < -0.4 is 11.3 Å². The minimum absolute atomic E-state index is 0.477. The average Bonchev–Trinajstić information content (AvgIpc) is 2.97. The van der Waals surface area contributed by atoms with Crippen molar-refractivity contribution >= 4 is 5.96 Å². The first-order chi connectivity index (χ1) is 8.69. The fourth-order valence-electron chi connectivity index (χ4n) is 3.10. The fourth-order valence-corrected chi connectivity index (χ4v) is 3.10. The average molecular weight is 253 g/mol. The van der Waals surface area contributed by atoms with E-state index in [2.05, 4.69) is 29.3 Å². The molecule has 5 nitrogen and oxygen atoms in total. The van der Waals surface area contributed by atoms with E-state index in [1.54, 1.807) is 0 Å². The highest BCUT2D eigenvalue weighted by Crippen LogP contribution is 2.21. The number of rotatable bonds is 3. The molecule has 1 atom stereocenters. The zero-order chi connectivity index (χ0) is 13.0. The number of nitrogens with one attached hydrogen (secondary N) is 1. The van der Waals surface area contributed by atoms with Crippen molar-refractivity contribution in [3.8, 4) is 0 Å². The van der Waals surface area contributed by atoms with Gasteiger partial charge in [-0.2, -0.15) is 0 Å². The third-order valence-corrected chi connectivity index (χ3v) is 4.14. The van der Waals surface area contributed by atoms with E-state index in [9.17, 15) is 0 Å². The molecule has 0 amide bonds. The summed E-state index contributed by atoms with van der Waals surface area (Å²) in [5, 5.41) is 0. The molecule has 0 aromatic rings. The number of hydrogen-bond donors (Lipinski definition) is 2. The van der Waals surface area contributed by atoms with E-state index in [4.69, 9.17) is 10.8 Å². The van der Waals surface area contributed by atoms with Crippen LogP contribution in [0.4, 0.5) is 0 Å². The van der Waals surface area contributed by atoms with E-state index in [1.165, 1.54) is 45.2 Å². The van der Waals surface area contributed by atoms with E-state index < -0.39 is 0 Å². The van der Waals surface area contributed by atoms with Crippen molar-refractivity contribution in [2.24, 2.45) is 16.8 Å².